The van der Waals surface area contributed by atoms with Crippen LogP contribution in [0.25, 0.3) is 11.3 Å². The minimum Gasteiger partial charge on any atom is -0.333 e. The van der Waals surface area contributed by atoms with Crippen molar-refractivity contribution in [1.29, 1.82) is 0 Å². The molecule has 1 aromatic carbocycles. The number of amides is 2. The second-order valence-corrected chi connectivity index (χ2v) is 7.05. The summed E-state index contributed by atoms with van der Waals surface area (Å²) in [5.41, 5.74) is 0.297. The number of benzene rings is 1. The van der Waals surface area contributed by atoms with Crippen molar-refractivity contribution in [3.05, 3.63) is 35.2 Å². The summed E-state index contributed by atoms with van der Waals surface area (Å²) < 4.78 is 27.1. The van der Waals surface area contributed by atoms with Crippen molar-refractivity contribution in [1.82, 2.24) is 9.88 Å². The third-order valence-corrected chi connectivity index (χ3v) is 4.97. The maximum absolute atomic E-state index is 13.8. The SMILES string of the molecule is O=C(CN1CCCCCCC1=O)Nc1nc(-c2cc(F)ccc2F)cs1. The minimum atomic E-state index is -0.583. The number of anilines is 1. The minimum absolute atomic E-state index is 0.0125. The van der Waals surface area contributed by atoms with E-state index in [4.69, 9.17) is 0 Å². The number of thiazole rings is 1. The summed E-state index contributed by atoms with van der Waals surface area (Å²) in [5, 5.41) is 4.46. The lowest BCUT2D eigenvalue weighted by atomic mass is 10.1. The van der Waals surface area contributed by atoms with Gasteiger partial charge in [0.05, 0.1) is 12.2 Å². The number of nitrogens with zero attached hydrogens (tertiary/aromatic N) is 2. The molecule has 1 fully saturated rings. The van der Waals surface area contributed by atoms with Crippen molar-refractivity contribution in [3.63, 3.8) is 0 Å². The van der Waals surface area contributed by atoms with E-state index in [1.54, 1.807) is 10.3 Å². The number of nitrogens with one attached hydrogen (secondary N) is 1. The van der Waals surface area contributed by atoms with Crippen LogP contribution >= 0.6 is 11.3 Å². The van der Waals surface area contributed by atoms with Crippen LogP contribution in [0.2, 0.25) is 0 Å². The van der Waals surface area contributed by atoms with Gasteiger partial charge in [-0.1, -0.05) is 12.8 Å². The van der Waals surface area contributed by atoms with Crippen LogP contribution in [-0.4, -0.2) is 34.8 Å². The van der Waals surface area contributed by atoms with Gasteiger partial charge in [-0.25, -0.2) is 13.8 Å². The number of hydrogen-bond donors (Lipinski definition) is 1. The average Bonchev–Trinajstić information content (AvgIpc) is 3.05. The molecule has 2 aromatic rings. The van der Waals surface area contributed by atoms with Crippen molar-refractivity contribution in [2.75, 3.05) is 18.4 Å². The van der Waals surface area contributed by atoms with Crippen molar-refractivity contribution in [2.24, 2.45) is 0 Å². The Kier molecular flexibility index (Phi) is 5.92. The highest BCUT2D eigenvalue weighted by Gasteiger charge is 2.19. The van der Waals surface area contributed by atoms with Crippen molar-refractivity contribution in [2.45, 2.75) is 32.1 Å². The Hall–Kier alpha value is -2.35. The highest BCUT2D eigenvalue weighted by atomic mass is 32.1. The van der Waals surface area contributed by atoms with Gasteiger partial charge in [0.2, 0.25) is 11.8 Å². The van der Waals surface area contributed by atoms with E-state index in [9.17, 15) is 18.4 Å². The van der Waals surface area contributed by atoms with Gasteiger partial charge in [-0.3, -0.25) is 9.59 Å². The second kappa shape index (κ2) is 8.35. The first kappa shape index (κ1) is 18.4. The molecule has 1 aliphatic heterocycles. The van der Waals surface area contributed by atoms with Gasteiger partial charge in [-0.15, -0.1) is 11.3 Å². The quantitative estimate of drug-likeness (QED) is 0.878. The average molecular weight is 379 g/mol. The Morgan fingerprint density at radius 1 is 1.23 bits per heavy atom. The number of halogens is 2. The van der Waals surface area contributed by atoms with Gasteiger partial charge in [0.1, 0.15) is 11.6 Å². The number of likely N-dealkylation sites (tertiary alicyclic amines) is 1. The van der Waals surface area contributed by atoms with Crippen molar-refractivity contribution < 1.29 is 18.4 Å². The van der Waals surface area contributed by atoms with Gasteiger partial charge in [0.25, 0.3) is 0 Å². The fourth-order valence-corrected chi connectivity index (χ4v) is 3.59. The number of hydrogen-bond acceptors (Lipinski definition) is 4. The van der Waals surface area contributed by atoms with E-state index in [1.807, 2.05) is 0 Å². The van der Waals surface area contributed by atoms with E-state index in [0.29, 0.717) is 13.0 Å². The smallest absolute Gasteiger partial charge is 0.245 e. The van der Waals surface area contributed by atoms with Crippen LogP contribution in [0, 0.1) is 11.6 Å². The van der Waals surface area contributed by atoms with Crippen LogP contribution in [0.4, 0.5) is 13.9 Å². The first-order valence-corrected chi connectivity index (χ1v) is 9.39. The third kappa shape index (κ3) is 4.63. The highest BCUT2D eigenvalue weighted by molar-refractivity contribution is 7.14. The zero-order valence-electron chi connectivity index (χ0n) is 14.1. The Morgan fingerprint density at radius 2 is 2.04 bits per heavy atom. The molecular formula is C18H19F2N3O2S. The summed E-state index contributed by atoms with van der Waals surface area (Å²) >= 11 is 1.12. The summed E-state index contributed by atoms with van der Waals surface area (Å²) in [6.45, 7) is 0.548. The molecule has 0 bridgehead atoms. The first-order chi connectivity index (χ1) is 12.5. The summed E-state index contributed by atoms with van der Waals surface area (Å²) in [6.07, 6.45) is 4.31. The molecule has 1 N–H and O–H groups in total. The molecule has 0 unspecified atom stereocenters. The van der Waals surface area contributed by atoms with Gasteiger partial charge in [0.15, 0.2) is 5.13 Å². The maximum atomic E-state index is 13.8. The zero-order chi connectivity index (χ0) is 18.5. The Bertz CT molecular complexity index is 809. The molecule has 1 aromatic heterocycles. The summed E-state index contributed by atoms with van der Waals surface area (Å²) in [4.78, 5) is 30.0. The van der Waals surface area contributed by atoms with E-state index in [2.05, 4.69) is 10.3 Å². The van der Waals surface area contributed by atoms with E-state index >= 15 is 0 Å². The van der Waals surface area contributed by atoms with Gasteiger partial charge < -0.3 is 10.2 Å². The lowest BCUT2D eigenvalue weighted by Crippen LogP contribution is -2.39. The molecule has 1 saturated heterocycles. The number of carbonyl (C=O) groups excluding carboxylic acids is 2. The molecule has 0 radical (unpaired) electrons. The molecule has 1 aliphatic rings. The van der Waals surface area contributed by atoms with E-state index in [0.717, 1.165) is 55.2 Å². The monoisotopic (exact) mass is 379 g/mol. The fraction of sp³-hybridized carbons (Fsp3) is 0.389. The first-order valence-electron chi connectivity index (χ1n) is 8.51. The summed E-state index contributed by atoms with van der Waals surface area (Å²) in [6, 6.07) is 3.14. The largest absolute Gasteiger partial charge is 0.333 e. The molecule has 5 nitrogen and oxygen atoms in total. The lowest BCUT2D eigenvalue weighted by Gasteiger charge is -2.23. The Balaban J connectivity index is 1.64. The summed E-state index contributed by atoms with van der Waals surface area (Å²) in [7, 11) is 0. The number of rotatable bonds is 4. The molecule has 0 aliphatic carbocycles. The predicted molar refractivity (Wildman–Crippen MR) is 95.8 cm³/mol. The molecule has 0 saturated carbocycles. The van der Waals surface area contributed by atoms with Gasteiger partial charge in [-0.05, 0) is 31.0 Å². The standard InChI is InChI=1S/C18H19F2N3O2S/c19-12-6-7-14(20)13(9-12)15-11-26-18(21-15)22-16(24)10-23-8-4-2-1-3-5-17(23)25/h6-7,9,11H,1-5,8,10H2,(H,21,22,24). The van der Waals surface area contributed by atoms with Crippen LogP contribution < -0.4 is 5.32 Å². The van der Waals surface area contributed by atoms with Gasteiger partial charge in [-0.2, -0.15) is 0 Å². The molecule has 138 valence electrons. The topological polar surface area (TPSA) is 62.3 Å². The number of carbonyl (C=O) groups is 2. The van der Waals surface area contributed by atoms with Gasteiger partial charge in [0, 0.05) is 23.9 Å². The predicted octanol–water partition coefficient (Wildman–Crippen LogP) is 3.82. The van der Waals surface area contributed by atoms with Crippen molar-refractivity contribution in [3.8, 4) is 11.3 Å². The third-order valence-electron chi connectivity index (χ3n) is 4.21. The maximum Gasteiger partial charge on any atom is 0.245 e. The van der Waals surface area contributed by atoms with E-state index in [1.165, 1.54) is 0 Å². The van der Waals surface area contributed by atoms with Crippen LogP contribution in [0.3, 0.4) is 0 Å². The van der Waals surface area contributed by atoms with Crippen LogP contribution in [0.1, 0.15) is 32.1 Å². The molecule has 0 spiro atoms. The second-order valence-electron chi connectivity index (χ2n) is 6.19. The molecule has 8 heteroatoms. The highest BCUT2D eigenvalue weighted by Crippen LogP contribution is 2.27. The molecular weight excluding hydrogens is 360 g/mol. The number of aromatic nitrogens is 1. The Morgan fingerprint density at radius 3 is 2.88 bits per heavy atom. The zero-order valence-corrected chi connectivity index (χ0v) is 15.0. The Labute approximate surface area is 154 Å². The fourth-order valence-electron chi connectivity index (χ4n) is 2.86. The molecule has 26 heavy (non-hydrogen) atoms. The molecule has 2 heterocycles. The summed E-state index contributed by atoms with van der Waals surface area (Å²) in [5.74, 6) is -1.50. The van der Waals surface area contributed by atoms with Gasteiger partial charge >= 0.3 is 0 Å². The van der Waals surface area contributed by atoms with Crippen LogP contribution in [0.15, 0.2) is 23.6 Å². The molecule has 2 amide bonds. The van der Waals surface area contributed by atoms with Crippen LogP contribution in [0.5, 0.6) is 0 Å². The normalized spacial score (nSPS) is 15.5. The van der Waals surface area contributed by atoms with E-state index < -0.39 is 11.6 Å². The molecule has 0 atom stereocenters. The van der Waals surface area contributed by atoms with Crippen LogP contribution in [-0.2, 0) is 9.59 Å². The van der Waals surface area contributed by atoms with Crippen molar-refractivity contribution >= 4 is 28.3 Å². The molecule has 3 rings (SSSR count). The lowest BCUT2D eigenvalue weighted by molar-refractivity contribution is -0.135. The van der Waals surface area contributed by atoms with E-state index in [-0.39, 0.29) is 34.7 Å².